The molecule has 14 heavy (non-hydrogen) atoms. The number of hydrogen-bond acceptors (Lipinski definition) is 2. The molecule has 2 aliphatic heterocycles. The average Bonchev–Trinajstić information content (AvgIpc) is 2.47. The van der Waals surface area contributed by atoms with Gasteiger partial charge in [-0.25, -0.2) is 4.79 Å². The lowest BCUT2D eigenvalue weighted by Gasteiger charge is -2.30. The van der Waals surface area contributed by atoms with Crippen LogP contribution in [0.1, 0.15) is 38.5 Å². The molecule has 0 aromatic carbocycles. The zero-order valence-corrected chi connectivity index (χ0v) is 8.41. The second kappa shape index (κ2) is 4.03. The molecule has 2 rings (SSSR count). The molecule has 0 aromatic heterocycles. The minimum Gasteiger partial charge on any atom is -0.477 e. The highest BCUT2D eigenvalue weighted by molar-refractivity contribution is 5.86. The van der Waals surface area contributed by atoms with Crippen LogP contribution in [0.3, 0.4) is 0 Å². The molecule has 0 saturated carbocycles. The maximum absolute atomic E-state index is 10.9. The monoisotopic (exact) mass is 195 g/mol. The molecule has 2 heterocycles. The standard InChI is InChI=1S/C11H17NO2/c13-11(14)10-7-6-9-5-3-1-2-4-8-12(9)10/h7,9H,1-6,8H2,(H,13,14). The Kier molecular flexibility index (Phi) is 2.75. The fraction of sp³-hybridized carbons (Fsp3) is 0.727. The summed E-state index contributed by atoms with van der Waals surface area (Å²) < 4.78 is 0. The molecule has 0 spiro atoms. The quantitative estimate of drug-likeness (QED) is 0.695. The van der Waals surface area contributed by atoms with E-state index in [2.05, 4.69) is 4.90 Å². The van der Waals surface area contributed by atoms with Crippen LogP contribution in [0.4, 0.5) is 0 Å². The second-order valence-corrected chi connectivity index (χ2v) is 4.18. The van der Waals surface area contributed by atoms with Gasteiger partial charge in [0.1, 0.15) is 5.70 Å². The smallest absolute Gasteiger partial charge is 0.351 e. The first-order valence-corrected chi connectivity index (χ1v) is 5.49. The second-order valence-electron chi connectivity index (χ2n) is 4.18. The largest absolute Gasteiger partial charge is 0.477 e. The van der Waals surface area contributed by atoms with Crippen LogP contribution in [0.15, 0.2) is 11.8 Å². The number of hydrogen-bond donors (Lipinski definition) is 1. The summed E-state index contributed by atoms with van der Waals surface area (Å²) in [6, 6.07) is 0.474. The first-order chi connectivity index (χ1) is 6.79. The molecule has 3 heteroatoms. The summed E-state index contributed by atoms with van der Waals surface area (Å²) in [6.07, 6.45) is 8.93. The predicted molar refractivity (Wildman–Crippen MR) is 53.9 cm³/mol. The molecule has 78 valence electrons. The molecular formula is C11H17NO2. The summed E-state index contributed by atoms with van der Waals surface area (Å²) in [5.41, 5.74) is 0.539. The predicted octanol–water partition coefficient (Wildman–Crippen LogP) is 1.99. The van der Waals surface area contributed by atoms with Crippen molar-refractivity contribution in [3.63, 3.8) is 0 Å². The van der Waals surface area contributed by atoms with E-state index in [1.165, 1.54) is 19.3 Å². The molecule has 1 atom stereocenters. The third kappa shape index (κ3) is 1.76. The molecule has 3 nitrogen and oxygen atoms in total. The minimum atomic E-state index is -0.756. The van der Waals surface area contributed by atoms with E-state index >= 15 is 0 Å². The van der Waals surface area contributed by atoms with Gasteiger partial charge in [0.25, 0.3) is 0 Å². The van der Waals surface area contributed by atoms with Gasteiger partial charge in [0, 0.05) is 12.6 Å². The highest BCUT2D eigenvalue weighted by Gasteiger charge is 2.29. The topological polar surface area (TPSA) is 40.5 Å². The third-order valence-corrected chi connectivity index (χ3v) is 3.24. The van der Waals surface area contributed by atoms with Crippen molar-refractivity contribution in [1.29, 1.82) is 0 Å². The van der Waals surface area contributed by atoms with Crippen molar-refractivity contribution >= 4 is 5.97 Å². The lowest BCUT2D eigenvalue weighted by atomic mass is 10.0. The van der Waals surface area contributed by atoms with Crippen LogP contribution in [0.2, 0.25) is 0 Å². The van der Waals surface area contributed by atoms with Crippen LogP contribution < -0.4 is 0 Å². The fourth-order valence-corrected chi connectivity index (χ4v) is 2.49. The average molecular weight is 195 g/mol. The van der Waals surface area contributed by atoms with Crippen LogP contribution >= 0.6 is 0 Å². The van der Waals surface area contributed by atoms with E-state index < -0.39 is 5.97 Å². The van der Waals surface area contributed by atoms with Gasteiger partial charge in [0.05, 0.1) is 0 Å². The van der Waals surface area contributed by atoms with Gasteiger partial charge in [-0.2, -0.15) is 0 Å². The van der Waals surface area contributed by atoms with Gasteiger partial charge in [-0.1, -0.05) is 25.3 Å². The maximum Gasteiger partial charge on any atom is 0.351 e. The van der Waals surface area contributed by atoms with E-state index in [0.29, 0.717) is 11.7 Å². The van der Waals surface area contributed by atoms with Crippen molar-refractivity contribution in [2.75, 3.05) is 6.54 Å². The van der Waals surface area contributed by atoms with Gasteiger partial charge in [-0.05, 0) is 19.3 Å². The summed E-state index contributed by atoms with van der Waals surface area (Å²) in [7, 11) is 0. The van der Waals surface area contributed by atoms with Crippen molar-refractivity contribution in [2.24, 2.45) is 0 Å². The number of nitrogens with zero attached hydrogens (tertiary/aromatic N) is 1. The Bertz CT molecular complexity index is 260. The molecule has 0 aromatic rings. The molecule has 1 saturated heterocycles. The fourth-order valence-electron chi connectivity index (χ4n) is 2.49. The molecule has 0 bridgehead atoms. The molecule has 1 unspecified atom stereocenters. The Balaban J connectivity index is 2.07. The van der Waals surface area contributed by atoms with Gasteiger partial charge < -0.3 is 10.0 Å². The van der Waals surface area contributed by atoms with Gasteiger partial charge in [0.2, 0.25) is 0 Å². The van der Waals surface area contributed by atoms with E-state index in [1.54, 1.807) is 0 Å². The lowest BCUT2D eigenvalue weighted by Crippen LogP contribution is -2.34. The van der Waals surface area contributed by atoms with E-state index in [-0.39, 0.29) is 0 Å². The van der Waals surface area contributed by atoms with Crippen LogP contribution in [-0.2, 0) is 4.79 Å². The normalized spacial score (nSPS) is 27.6. The zero-order chi connectivity index (χ0) is 9.97. The number of fused-ring (bicyclic) bond motifs is 1. The van der Waals surface area contributed by atoms with E-state index in [1.807, 2.05) is 6.08 Å². The summed E-state index contributed by atoms with van der Waals surface area (Å²) in [5, 5.41) is 9.00. The van der Waals surface area contributed by atoms with Crippen LogP contribution in [-0.4, -0.2) is 28.6 Å². The van der Waals surface area contributed by atoms with Crippen LogP contribution in [0.25, 0.3) is 0 Å². The summed E-state index contributed by atoms with van der Waals surface area (Å²) in [6.45, 7) is 0.933. The highest BCUT2D eigenvalue weighted by atomic mass is 16.4. The molecule has 1 N–H and O–H groups in total. The summed E-state index contributed by atoms with van der Waals surface area (Å²) >= 11 is 0. The Morgan fingerprint density at radius 1 is 1.36 bits per heavy atom. The van der Waals surface area contributed by atoms with Gasteiger partial charge in [0.15, 0.2) is 0 Å². The van der Waals surface area contributed by atoms with Crippen molar-refractivity contribution in [3.8, 4) is 0 Å². The first-order valence-electron chi connectivity index (χ1n) is 5.49. The molecule has 0 aliphatic carbocycles. The molecule has 0 amide bonds. The van der Waals surface area contributed by atoms with Crippen LogP contribution in [0.5, 0.6) is 0 Å². The summed E-state index contributed by atoms with van der Waals surface area (Å²) in [5.74, 6) is -0.756. The Hall–Kier alpha value is -0.990. The first kappa shape index (κ1) is 9.56. The lowest BCUT2D eigenvalue weighted by molar-refractivity contribution is -0.134. The van der Waals surface area contributed by atoms with E-state index in [0.717, 1.165) is 25.8 Å². The zero-order valence-electron chi connectivity index (χ0n) is 8.41. The molecule has 0 radical (unpaired) electrons. The Labute approximate surface area is 84.4 Å². The number of rotatable bonds is 1. The minimum absolute atomic E-state index is 0.474. The van der Waals surface area contributed by atoms with Crippen molar-refractivity contribution in [3.05, 3.63) is 11.8 Å². The maximum atomic E-state index is 10.9. The SMILES string of the molecule is O=C(O)C1=CCC2CCCCCCN12. The van der Waals surface area contributed by atoms with Crippen molar-refractivity contribution in [1.82, 2.24) is 4.90 Å². The number of carbonyl (C=O) groups is 1. The Morgan fingerprint density at radius 2 is 2.14 bits per heavy atom. The van der Waals surface area contributed by atoms with Crippen molar-refractivity contribution < 1.29 is 9.90 Å². The number of aliphatic carboxylic acids is 1. The van der Waals surface area contributed by atoms with E-state index in [9.17, 15) is 4.79 Å². The van der Waals surface area contributed by atoms with Gasteiger partial charge >= 0.3 is 5.97 Å². The molecule has 2 aliphatic rings. The van der Waals surface area contributed by atoms with Gasteiger partial charge in [-0.15, -0.1) is 0 Å². The number of carboxylic acids is 1. The van der Waals surface area contributed by atoms with Crippen molar-refractivity contribution in [2.45, 2.75) is 44.6 Å². The third-order valence-electron chi connectivity index (χ3n) is 3.24. The van der Waals surface area contributed by atoms with Gasteiger partial charge in [-0.3, -0.25) is 0 Å². The van der Waals surface area contributed by atoms with Crippen LogP contribution in [0, 0.1) is 0 Å². The number of carboxylic acid groups (broad SMARTS) is 1. The molecule has 1 fully saturated rings. The summed E-state index contributed by atoms with van der Waals surface area (Å²) in [4.78, 5) is 13.0. The highest BCUT2D eigenvalue weighted by Crippen LogP contribution is 2.28. The molecular weight excluding hydrogens is 178 g/mol. The Morgan fingerprint density at radius 3 is 2.93 bits per heavy atom. The van der Waals surface area contributed by atoms with E-state index in [4.69, 9.17) is 5.11 Å².